The second-order valence-electron chi connectivity index (χ2n) is 5.82. The zero-order valence-electron chi connectivity index (χ0n) is 14.9. The summed E-state index contributed by atoms with van der Waals surface area (Å²) < 4.78 is 6.43. The number of para-hydroxylation sites is 2. The fraction of sp³-hybridized carbons (Fsp3) is 0.158. The number of hydrogen-bond acceptors (Lipinski definition) is 5. The molecule has 0 saturated carbocycles. The number of carbonyl (C=O) groups excluding carboxylic acids is 3. The minimum Gasteiger partial charge on any atom is -0.465 e. The number of esters is 1. The third kappa shape index (κ3) is 3.95. The van der Waals surface area contributed by atoms with Gasteiger partial charge in [0.2, 0.25) is 5.91 Å². The first-order chi connectivity index (χ1) is 13.0. The van der Waals surface area contributed by atoms with Gasteiger partial charge >= 0.3 is 5.97 Å². The second-order valence-corrected chi connectivity index (χ2v) is 5.82. The number of ether oxygens (including phenoxy) is 1. The highest BCUT2D eigenvalue weighted by Crippen LogP contribution is 2.14. The van der Waals surface area contributed by atoms with Crippen molar-refractivity contribution in [3.8, 4) is 0 Å². The lowest BCUT2D eigenvalue weighted by Gasteiger charge is -2.08. The van der Waals surface area contributed by atoms with Crippen molar-refractivity contribution in [3.63, 3.8) is 0 Å². The first kappa shape index (κ1) is 18.1. The summed E-state index contributed by atoms with van der Waals surface area (Å²) in [6.07, 6.45) is 0.0206. The maximum Gasteiger partial charge on any atom is 0.337 e. The van der Waals surface area contributed by atoms with Crippen LogP contribution < -0.4 is 10.9 Å². The second kappa shape index (κ2) is 7.69. The third-order valence-corrected chi connectivity index (χ3v) is 4.08. The Kier molecular flexibility index (Phi) is 5.16. The average molecular weight is 366 g/mol. The van der Waals surface area contributed by atoms with Crippen molar-refractivity contribution in [3.05, 3.63) is 65.5 Å². The van der Waals surface area contributed by atoms with E-state index in [0.717, 1.165) is 11.0 Å². The van der Waals surface area contributed by atoms with Gasteiger partial charge in [-0.3, -0.25) is 20.4 Å². The largest absolute Gasteiger partial charge is 0.465 e. The zero-order chi connectivity index (χ0) is 19.4. The summed E-state index contributed by atoms with van der Waals surface area (Å²) in [5.41, 5.74) is 7.07. The number of imidazole rings is 1. The quantitative estimate of drug-likeness (QED) is 0.536. The molecule has 138 valence electrons. The summed E-state index contributed by atoms with van der Waals surface area (Å²) in [4.78, 5) is 40.0. The summed E-state index contributed by atoms with van der Waals surface area (Å²) in [7, 11) is 3.11. The molecule has 0 radical (unpaired) electrons. The van der Waals surface area contributed by atoms with E-state index < -0.39 is 17.8 Å². The van der Waals surface area contributed by atoms with E-state index in [9.17, 15) is 14.4 Å². The van der Waals surface area contributed by atoms with Crippen molar-refractivity contribution in [2.45, 2.75) is 6.42 Å². The Morgan fingerprint density at radius 3 is 2.33 bits per heavy atom. The van der Waals surface area contributed by atoms with Crippen LogP contribution in [0, 0.1) is 0 Å². The SMILES string of the molecule is COC(=O)c1ccc(C(=O)NNC(=O)Cc2nc3ccccc3n2C)cc1. The molecule has 2 N–H and O–H groups in total. The summed E-state index contributed by atoms with van der Waals surface area (Å²) in [5.74, 6) is -0.791. The Balaban J connectivity index is 1.59. The van der Waals surface area contributed by atoms with Crippen LogP contribution in [0.1, 0.15) is 26.5 Å². The van der Waals surface area contributed by atoms with E-state index in [0.29, 0.717) is 17.0 Å². The van der Waals surface area contributed by atoms with Gasteiger partial charge in [0.25, 0.3) is 5.91 Å². The van der Waals surface area contributed by atoms with Crippen molar-refractivity contribution in [2.24, 2.45) is 7.05 Å². The maximum absolute atomic E-state index is 12.1. The highest BCUT2D eigenvalue weighted by molar-refractivity contribution is 5.97. The fourth-order valence-corrected chi connectivity index (χ4v) is 2.62. The van der Waals surface area contributed by atoms with E-state index in [-0.39, 0.29) is 6.42 Å². The highest BCUT2D eigenvalue weighted by Gasteiger charge is 2.13. The van der Waals surface area contributed by atoms with Crippen LogP contribution in [0.5, 0.6) is 0 Å². The van der Waals surface area contributed by atoms with E-state index in [2.05, 4.69) is 20.6 Å². The predicted molar refractivity (Wildman–Crippen MR) is 97.8 cm³/mol. The number of fused-ring (bicyclic) bond motifs is 1. The summed E-state index contributed by atoms with van der Waals surface area (Å²) in [5, 5.41) is 0. The molecule has 1 heterocycles. The third-order valence-electron chi connectivity index (χ3n) is 4.08. The number of benzene rings is 2. The van der Waals surface area contributed by atoms with Crippen LogP contribution in [0.15, 0.2) is 48.5 Å². The first-order valence-corrected chi connectivity index (χ1v) is 8.17. The summed E-state index contributed by atoms with van der Waals surface area (Å²) >= 11 is 0. The highest BCUT2D eigenvalue weighted by atomic mass is 16.5. The standard InChI is InChI=1S/C19H18N4O4/c1-23-15-6-4-3-5-14(15)20-16(23)11-17(24)21-22-18(25)12-7-9-13(10-8-12)19(26)27-2/h3-10H,11H2,1-2H3,(H,21,24)(H,22,25). The molecule has 27 heavy (non-hydrogen) atoms. The zero-order valence-corrected chi connectivity index (χ0v) is 14.9. The fourth-order valence-electron chi connectivity index (χ4n) is 2.62. The molecule has 0 spiro atoms. The van der Waals surface area contributed by atoms with Crippen molar-refractivity contribution < 1.29 is 19.1 Å². The Morgan fingerprint density at radius 2 is 1.67 bits per heavy atom. The molecule has 2 aromatic carbocycles. The van der Waals surface area contributed by atoms with Crippen LogP contribution in [-0.4, -0.2) is 34.4 Å². The van der Waals surface area contributed by atoms with Gasteiger partial charge in [-0.25, -0.2) is 9.78 Å². The van der Waals surface area contributed by atoms with Crippen LogP contribution in [0.25, 0.3) is 11.0 Å². The number of carbonyl (C=O) groups is 3. The minimum atomic E-state index is -0.496. The number of aromatic nitrogens is 2. The first-order valence-electron chi connectivity index (χ1n) is 8.17. The number of amides is 2. The molecular weight excluding hydrogens is 348 g/mol. The lowest BCUT2D eigenvalue weighted by atomic mass is 10.1. The molecule has 0 aliphatic rings. The van der Waals surface area contributed by atoms with E-state index in [1.54, 1.807) is 0 Å². The van der Waals surface area contributed by atoms with Crippen molar-refractivity contribution in [2.75, 3.05) is 7.11 Å². The van der Waals surface area contributed by atoms with Gasteiger partial charge in [0.15, 0.2) is 0 Å². The van der Waals surface area contributed by atoms with Crippen LogP contribution in [0.2, 0.25) is 0 Å². The van der Waals surface area contributed by atoms with Gasteiger partial charge in [-0.1, -0.05) is 12.1 Å². The normalized spacial score (nSPS) is 10.4. The number of hydrazine groups is 1. The number of aryl methyl sites for hydroxylation is 1. The Labute approximate surface area is 155 Å². The molecule has 0 aliphatic carbocycles. The molecule has 8 nitrogen and oxygen atoms in total. The predicted octanol–water partition coefficient (Wildman–Crippen LogP) is 1.36. The number of nitrogens with one attached hydrogen (secondary N) is 2. The van der Waals surface area contributed by atoms with Crippen LogP contribution in [0.3, 0.4) is 0 Å². The molecule has 0 bridgehead atoms. The minimum absolute atomic E-state index is 0.0206. The Hall–Kier alpha value is -3.68. The molecule has 0 fully saturated rings. The van der Waals surface area contributed by atoms with Gasteiger partial charge in [0.05, 0.1) is 30.1 Å². The lowest BCUT2D eigenvalue weighted by Crippen LogP contribution is -2.42. The Bertz CT molecular complexity index is 1010. The molecule has 3 rings (SSSR count). The smallest absolute Gasteiger partial charge is 0.337 e. The van der Waals surface area contributed by atoms with E-state index in [4.69, 9.17) is 0 Å². The molecule has 3 aromatic rings. The molecule has 0 unspecified atom stereocenters. The van der Waals surface area contributed by atoms with Gasteiger partial charge in [-0.05, 0) is 36.4 Å². The summed E-state index contributed by atoms with van der Waals surface area (Å²) in [6.45, 7) is 0. The molecular formula is C19H18N4O4. The van der Waals surface area contributed by atoms with E-state index in [1.165, 1.54) is 31.4 Å². The van der Waals surface area contributed by atoms with E-state index >= 15 is 0 Å². The average Bonchev–Trinajstić information content (AvgIpc) is 3.01. The molecule has 2 amide bonds. The number of nitrogens with zero attached hydrogens (tertiary/aromatic N) is 2. The number of methoxy groups -OCH3 is 1. The molecule has 0 atom stereocenters. The molecule has 1 aromatic heterocycles. The molecule has 8 heteroatoms. The molecule has 0 saturated heterocycles. The van der Waals surface area contributed by atoms with E-state index in [1.807, 2.05) is 35.9 Å². The maximum atomic E-state index is 12.1. The van der Waals surface area contributed by atoms with Crippen molar-refractivity contribution in [1.82, 2.24) is 20.4 Å². The van der Waals surface area contributed by atoms with Gasteiger partial charge in [-0.2, -0.15) is 0 Å². The topological polar surface area (TPSA) is 102 Å². The number of rotatable bonds is 4. The van der Waals surface area contributed by atoms with Gasteiger partial charge < -0.3 is 9.30 Å². The van der Waals surface area contributed by atoms with Crippen LogP contribution >= 0.6 is 0 Å². The van der Waals surface area contributed by atoms with Crippen LogP contribution in [-0.2, 0) is 23.0 Å². The Morgan fingerprint density at radius 1 is 1.00 bits per heavy atom. The molecule has 0 aliphatic heterocycles. The van der Waals surface area contributed by atoms with Crippen molar-refractivity contribution in [1.29, 1.82) is 0 Å². The van der Waals surface area contributed by atoms with Gasteiger partial charge in [0, 0.05) is 12.6 Å². The van der Waals surface area contributed by atoms with Crippen molar-refractivity contribution >= 4 is 28.8 Å². The summed E-state index contributed by atoms with van der Waals surface area (Å²) in [6, 6.07) is 13.5. The monoisotopic (exact) mass is 366 g/mol. The van der Waals surface area contributed by atoms with Gasteiger partial charge in [-0.15, -0.1) is 0 Å². The van der Waals surface area contributed by atoms with Gasteiger partial charge in [0.1, 0.15) is 5.82 Å². The van der Waals surface area contributed by atoms with Crippen LogP contribution in [0.4, 0.5) is 0 Å². The lowest BCUT2D eigenvalue weighted by molar-refractivity contribution is -0.121. The number of hydrogen-bond donors (Lipinski definition) is 2.